The highest BCUT2D eigenvalue weighted by molar-refractivity contribution is 5.67. The fraction of sp³-hybridized carbons (Fsp3) is 0.750. The quantitative estimate of drug-likeness (QED) is 0.875. The van der Waals surface area contributed by atoms with Crippen LogP contribution in [0.15, 0.2) is 12.5 Å². The lowest BCUT2D eigenvalue weighted by Gasteiger charge is -2.19. The number of imidazole rings is 1. The molecule has 2 atom stereocenters. The van der Waals surface area contributed by atoms with E-state index in [1.54, 1.807) is 0 Å². The highest BCUT2D eigenvalue weighted by Crippen LogP contribution is 2.46. The van der Waals surface area contributed by atoms with Gasteiger partial charge in [-0.2, -0.15) is 0 Å². The monoisotopic (exact) mass is 293 g/mol. The number of hydrogen-bond acceptors (Lipinski definition) is 3. The summed E-state index contributed by atoms with van der Waals surface area (Å²) in [5.74, 6) is 0.807. The minimum absolute atomic E-state index is 0.358. The Bertz CT molecular complexity index is 476. The minimum Gasteiger partial charge on any atom is -0.444 e. The van der Waals surface area contributed by atoms with Gasteiger partial charge in [-0.3, -0.25) is 0 Å². The molecule has 1 aliphatic rings. The molecule has 0 bridgehead atoms. The molecule has 1 amide bonds. The van der Waals surface area contributed by atoms with Crippen molar-refractivity contribution in [1.82, 2.24) is 14.9 Å². The number of nitrogens with zero attached hydrogens (tertiary/aromatic N) is 2. The molecule has 5 nitrogen and oxygen atoms in total. The highest BCUT2D eigenvalue weighted by Gasteiger charge is 2.38. The molecule has 1 aromatic heterocycles. The average molecular weight is 293 g/mol. The van der Waals surface area contributed by atoms with Gasteiger partial charge in [0.25, 0.3) is 0 Å². The third kappa shape index (κ3) is 4.76. The zero-order chi connectivity index (χ0) is 15.5. The number of nitrogens with one attached hydrogen (secondary N) is 1. The first-order valence-electron chi connectivity index (χ1n) is 7.88. The third-order valence-corrected chi connectivity index (χ3v) is 3.70. The van der Waals surface area contributed by atoms with Crippen LogP contribution in [-0.2, 0) is 11.2 Å². The van der Waals surface area contributed by atoms with Crippen LogP contribution in [0.1, 0.15) is 58.7 Å². The molecule has 1 saturated carbocycles. The van der Waals surface area contributed by atoms with E-state index in [1.807, 2.05) is 33.3 Å². The van der Waals surface area contributed by atoms with Crippen molar-refractivity contribution in [3.63, 3.8) is 0 Å². The van der Waals surface area contributed by atoms with Crippen molar-refractivity contribution in [1.29, 1.82) is 0 Å². The molecule has 2 rings (SSSR count). The van der Waals surface area contributed by atoms with Gasteiger partial charge in [-0.05, 0) is 39.5 Å². The van der Waals surface area contributed by atoms with Crippen LogP contribution in [-0.4, -0.2) is 27.8 Å². The number of alkyl carbamates (subject to hydrolysis) is 1. The van der Waals surface area contributed by atoms with Gasteiger partial charge in [0.15, 0.2) is 0 Å². The van der Waals surface area contributed by atoms with E-state index in [2.05, 4.69) is 21.8 Å². The predicted molar refractivity (Wildman–Crippen MR) is 82.2 cm³/mol. The molecule has 0 radical (unpaired) electrons. The summed E-state index contributed by atoms with van der Waals surface area (Å²) < 4.78 is 7.50. The first-order valence-corrected chi connectivity index (χ1v) is 7.88. The number of ether oxygens (including phenoxy) is 1. The Morgan fingerprint density at radius 3 is 2.95 bits per heavy atom. The van der Waals surface area contributed by atoms with Crippen molar-refractivity contribution in [2.75, 3.05) is 6.54 Å². The van der Waals surface area contributed by atoms with Crippen LogP contribution in [0.25, 0.3) is 0 Å². The standard InChI is InChI=1S/C16H27N3O2/c1-5-6-12-9-14(12)19-11-17-10-13(19)7-8-18-15(20)21-16(2,3)4/h10-12,14H,5-9H2,1-4H3,(H,18,20). The molecule has 1 heterocycles. The van der Waals surface area contributed by atoms with Gasteiger partial charge < -0.3 is 14.6 Å². The Morgan fingerprint density at radius 1 is 1.52 bits per heavy atom. The summed E-state index contributed by atoms with van der Waals surface area (Å²) in [6.45, 7) is 8.40. The number of carbonyl (C=O) groups excluding carboxylic acids is 1. The van der Waals surface area contributed by atoms with E-state index in [9.17, 15) is 4.79 Å². The van der Waals surface area contributed by atoms with E-state index in [4.69, 9.17) is 4.74 Å². The van der Waals surface area contributed by atoms with Gasteiger partial charge in [0.1, 0.15) is 5.60 Å². The first kappa shape index (κ1) is 15.9. The number of carbonyl (C=O) groups is 1. The normalized spacial score (nSPS) is 21.1. The summed E-state index contributed by atoms with van der Waals surface area (Å²) in [4.78, 5) is 15.9. The zero-order valence-electron chi connectivity index (χ0n) is 13.6. The SMILES string of the molecule is CCCC1CC1n1cncc1CCNC(=O)OC(C)(C)C. The third-order valence-electron chi connectivity index (χ3n) is 3.70. The van der Waals surface area contributed by atoms with Gasteiger partial charge in [-0.1, -0.05) is 13.3 Å². The van der Waals surface area contributed by atoms with E-state index in [1.165, 1.54) is 25.0 Å². The molecule has 0 aliphatic heterocycles. The smallest absolute Gasteiger partial charge is 0.407 e. The van der Waals surface area contributed by atoms with E-state index in [-0.39, 0.29) is 6.09 Å². The summed E-state index contributed by atoms with van der Waals surface area (Å²) >= 11 is 0. The van der Waals surface area contributed by atoms with Crippen LogP contribution >= 0.6 is 0 Å². The molecule has 118 valence electrons. The predicted octanol–water partition coefficient (Wildman–Crippen LogP) is 3.31. The van der Waals surface area contributed by atoms with Gasteiger partial charge in [0.2, 0.25) is 0 Å². The molecule has 1 N–H and O–H groups in total. The Hall–Kier alpha value is -1.52. The second kappa shape index (κ2) is 6.50. The van der Waals surface area contributed by atoms with Gasteiger partial charge in [0, 0.05) is 30.9 Å². The maximum Gasteiger partial charge on any atom is 0.407 e. The van der Waals surface area contributed by atoms with Crippen molar-refractivity contribution >= 4 is 6.09 Å². The summed E-state index contributed by atoms with van der Waals surface area (Å²) in [7, 11) is 0. The lowest BCUT2D eigenvalue weighted by atomic mass is 10.2. The van der Waals surface area contributed by atoms with E-state index < -0.39 is 5.60 Å². The van der Waals surface area contributed by atoms with Gasteiger partial charge >= 0.3 is 6.09 Å². The summed E-state index contributed by atoms with van der Waals surface area (Å²) in [6.07, 6.45) is 8.04. The summed E-state index contributed by atoms with van der Waals surface area (Å²) in [5.41, 5.74) is 0.738. The molecule has 21 heavy (non-hydrogen) atoms. The van der Waals surface area contributed by atoms with Crippen molar-refractivity contribution in [3.05, 3.63) is 18.2 Å². The zero-order valence-corrected chi connectivity index (χ0v) is 13.6. The van der Waals surface area contributed by atoms with Crippen molar-refractivity contribution in [3.8, 4) is 0 Å². The molecule has 0 aromatic carbocycles. The summed E-state index contributed by atoms with van der Waals surface area (Å²) in [5, 5.41) is 2.80. The number of rotatable bonds is 6. The van der Waals surface area contributed by atoms with E-state index in [0.29, 0.717) is 12.6 Å². The second-order valence-electron chi connectivity index (χ2n) is 6.82. The Labute approximate surface area is 127 Å². The second-order valence-corrected chi connectivity index (χ2v) is 6.82. The lowest BCUT2D eigenvalue weighted by Crippen LogP contribution is -2.33. The molecule has 1 aliphatic carbocycles. The number of amides is 1. The number of aromatic nitrogens is 2. The van der Waals surface area contributed by atoms with Crippen LogP contribution in [0.2, 0.25) is 0 Å². The highest BCUT2D eigenvalue weighted by atomic mass is 16.6. The molecule has 1 aromatic rings. The van der Waals surface area contributed by atoms with Gasteiger partial charge in [-0.25, -0.2) is 9.78 Å². The molecular weight excluding hydrogens is 266 g/mol. The van der Waals surface area contributed by atoms with Crippen LogP contribution in [0.5, 0.6) is 0 Å². The Balaban J connectivity index is 1.77. The van der Waals surface area contributed by atoms with Crippen LogP contribution in [0.3, 0.4) is 0 Å². The maximum absolute atomic E-state index is 11.6. The van der Waals surface area contributed by atoms with Crippen molar-refractivity contribution in [2.24, 2.45) is 5.92 Å². The van der Waals surface area contributed by atoms with E-state index >= 15 is 0 Å². The topological polar surface area (TPSA) is 56.2 Å². The maximum atomic E-state index is 11.6. The van der Waals surface area contributed by atoms with Crippen LogP contribution < -0.4 is 5.32 Å². The fourth-order valence-electron chi connectivity index (χ4n) is 2.68. The largest absolute Gasteiger partial charge is 0.444 e. The van der Waals surface area contributed by atoms with Gasteiger partial charge in [0.05, 0.1) is 6.33 Å². The summed E-state index contributed by atoms with van der Waals surface area (Å²) in [6, 6.07) is 0.615. The minimum atomic E-state index is -0.451. The molecule has 5 heteroatoms. The van der Waals surface area contributed by atoms with E-state index in [0.717, 1.165) is 12.3 Å². The molecule has 0 spiro atoms. The fourth-order valence-corrected chi connectivity index (χ4v) is 2.68. The first-order chi connectivity index (χ1) is 9.90. The molecule has 0 saturated heterocycles. The van der Waals surface area contributed by atoms with Crippen LogP contribution in [0.4, 0.5) is 4.79 Å². The Kier molecular flexibility index (Phi) is 4.91. The molecule has 1 fully saturated rings. The average Bonchev–Trinajstić information content (AvgIpc) is 2.96. The lowest BCUT2D eigenvalue weighted by molar-refractivity contribution is 0.0528. The van der Waals surface area contributed by atoms with Gasteiger partial charge in [-0.15, -0.1) is 0 Å². The van der Waals surface area contributed by atoms with Crippen LogP contribution in [0, 0.1) is 5.92 Å². The van der Waals surface area contributed by atoms with Crippen molar-refractivity contribution in [2.45, 2.75) is 65.0 Å². The Morgan fingerprint density at radius 2 is 2.29 bits per heavy atom. The van der Waals surface area contributed by atoms with Crippen molar-refractivity contribution < 1.29 is 9.53 Å². The molecular formula is C16H27N3O2. The number of hydrogen-bond donors (Lipinski definition) is 1. The molecule has 2 unspecified atom stereocenters.